The molecule has 0 aliphatic carbocycles. The molecular formula is C17H13FN4S. The van der Waals surface area contributed by atoms with Gasteiger partial charge in [-0.2, -0.15) is 0 Å². The average molecular weight is 324 g/mol. The molecule has 0 saturated carbocycles. The average Bonchev–Trinajstić information content (AvgIpc) is 3.21. The molecule has 6 heteroatoms. The third-order valence-corrected chi connectivity index (χ3v) is 4.50. The molecule has 0 bridgehead atoms. The first-order valence-electron chi connectivity index (χ1n) is 7.12. The number of aromatic nitrogens is 3. The molecule has 1 N–H and O–H groups in total. The van der Waals surface area contributed by atoms with E-state index in [4.69, 9.17) is 0 Å². The van der Waals surface area contributed by atoms with Crippen molar-refractivity contribution in [1.82, 2.24) is 14.5 Å². The number of rotatable bonds is 3. The fraction of sp³-hybridized carbons (Fsp3) is 0.0588. The molecule has 114 valence electrons. The Morgan fingerprint density at radius 2 is 2.09 bits per heavy atom. The summed E-state index contributed by atoms with van der Waals surface area (Å²) in [5.74, 6) is 0.370. The molecule has 0 atom stereocenters. The Morgan fingerprint density at radius 3 is 2.83 bits per heavy atom. The summed E-state index contributed by atoms with van der Waals surface area (Å²) in [6.45, 7) is 0. The van der Waals surface area contributed by atoms with Gasteiger partial charge in [0.2, 0.25) is 5.95 Å². The Balaban J connectivity index is 1.99. The maximum Gasteiger partial charge on any atom is 0.208 e. The number of halogens is 1. The van der Waals surface area contributed by atoms with Crippen LogP contribution in [0.1, 0.15) is 0 Å². The standard InChI is InChI=1S/C17H13FN4S/c1-19-17-21-14-10-20-13(16-6-3-7-23-16)9-15(14)22(17)12-5-2-4-11(18)8-12/h2-10H,1H3,(H,19,21). The van der Waals surface area contributed by atoms with Crippen molar-refractivity contribution < 1.29 is 4.39 Å². The van der Waals surface area contributed by atoms with Crippen LogP contribution in [0.5, 0.6) is 0 Å². The fourth-order valence-corrected chi connectivity index (χ4v) is 3.28. The Bertz CT molecular complexity index is 976. The van der Waals surface area contributed by atoms with Crippen LogP contribution < -0.4 is 5.32 Å². The van der Waals surface area contributed by atoms with E-state index in [9.17, 15) is 4.39 Å². The van der Waals surface area contributed by atoms with Crippen LogP contribution in [0.15, 0.2) is 54.0 Å². The molecule has 0 spiro atoms. The molecule has 0 aliphatic rings. The highest BCUT2D eigenvalue weighted by Gasteiger charge is 2.14. The molecule has 0 amide bonds. The summed E-state index contributed by atoms with van der Waals surface area (Å²) >= 11 is 1.63. The molecule has 23 heavy (non-hydrogen) atoms. The first kappa shape index (κ1) is 13.9. The van der Waals surface area contributed by atoms with Crippen LogP contribution in [0.4, 0.5) is 10.3 Å². The van der Waals surface area contributed by atoms with Gasteiger partial charge in [0.25, 0.3) is 0 Å². The SMILES string of the molecule is CNc1nc2cnc(-c3cccs3)cc2n1-c1cccc(F)c1. The van der Waals surface area contributed by atoms with Crippen molar-refractivity contribution >= 4 is 28.3 Å². The molecule has 3 heterocycles. The van der Waals surface area contributed by atoms with Crippen LogP contribution in [0.3, 0.4) is 0 Å². The number of hydrogen-bond donors (Lipinski definition) is 1. The molecule has 0 fully saturated rings. The third-order valence-electron chi connectivity index (χ3n) is 3.60. The van der Waals surface area contributed by atoms with Crippen LogP contribution in [-0.2, 0) is 0 Å². The second-order valence-electron chi connectivity index (χ2n) is 5.04. The summed E-state index contributed by atoms with van der Waals surface area (Å²) in [7, 11) is 1.80. The topological polar surface area (TPSA) is 42.7 Å². The van der Waals surface area contributed by atoms with Gasteiger partial charge >= 0.3 is 0 Å². The van der Waals surface area contributed by atoms with Gasteiger partial charge in [-0.25, -0.2) is 9.37 Å². The number of imidazole rings is 1. The van der Waals surface area contributed by atoms with Crippen LogP contribution in [-0.4, -0.2) is 21.6 Å². The third kappa shape index (κ3) is 2.37. The van der Waals surface area contributed by atoms with Gasteiger partial charge in [-0.3, -0.25) is 9.55 Å². The molecule has 4 rings (SSSR count). The Morgan fingerprint density at radius 1 is 1.17 bits per heavy atom. The highest BCUT2D eigenvalue weighted by Crippen LogP contribution is 2.29. The van der Waals surface area contributed by atoms with Crippen molar-refractivity contribution in [2.45, 2.75) is 0 Å². The number of benzene rings is 1. The number of thiophene rings is 1. The van der Waals surface area contributed by atoms with Gasteiger partial charge in [0.15, 0.2) is 0 Å². The second-order valence-corrected chi connectivity index (χ2v) is 5.98. The van der Waals surface area contributed by atoms with Gasteiger partial charge in [-0.05, 0) is 35.7 Å². The van der Waals surface area contributed by atoms with Crippen molar-refractivity contribution in [2.24, 2.45) is 0 Å². The summed E-state index contributed by atoms with van der Waals surface area (Å²) < 4.78 is 15.5. The van der Waals surface area contributed by atoms with Crippen molar-refractivity contribution in [3.8, 4) is 16.3 Å². The van der Waals surface area contributed by atoms with Gasteiger partial charge in [-0.15, -0.1) is 11.3 Å². The minimum absolute atomic E-state index is 0.279. The van der Waals surface area contributed by atoms with E-state index in [0.29, 0.717) is 5.95 Å². The van der Waals surface area contributed by atoms with Crippen molar-refractivity contribution in [2.75, 3.05) is 12.4 Å². The predicted molar refractivity (Wildman–Crippen MR) is 91.7 cm³/mol. The number of fused-ring (bicyclic) bond motifs is 1. The van der Waals surface area contributed by atoms with Gasteiger partial charge < -0.3 is 5.32 Å². The largest absolute Gasteiger partial charge is 0.358 e. The Hall–Kier alpha value is -2.73. The van der Waals surface area contributed by atoms with E-state index >= 15 is 0 Å². The lowest BCUT2D eigenvalue weighted by Crippen LogP contribution is -2.01. The molecule has 0 unspecified atom stereocenters. The van der Waals surface area contributed by atoms with Crippen LogP contribution in [0, 0.1) is 5.82 Å². The Kier molecular flexibility index (Phi) is 3.31. The number of anilines is 1. The number of pyridine rings is 1. The molecule has 1 aromatic carbocycles. The van der Waals surface area contributed by atoms with Gasteiger partial charge in [-0.1, -0.05) is 12.1 Å². The zero-order chi connectivity index (χ0) is 15.8. The maximum atomic E-state index is 13.6. The highest BCUT2D eigenvalue weighted by atomic mass is 32.1. The van der Waals surface area contributed by atoms with E-state index in [-0.39, 0.29) is 5.82 Å². The van der Waals surface area contributed by atoms with Gasteiger partial charge in [0.1, 0.15) is 11.3 Å². The summed E-state index contributed by atoms with van der Waals surface area (Å²) in [6, 6.07) is 12.5. The van der Waals surface area contributed by atoms with E-state index in [0.717, 1.165) is 27.3 Å². The monoisotopic (exact) mass is 324 g/mol. The van der Waals surface area contributed by atoms with E-state index in [2.05, 4.69) is 15.3 Å². The summed E-state index contributed by atoms with van der Waals surface area (Å²) in [4.78, 5) is 10.1. The van der Waals surface area contributed by atoms with Gasteiger partial charge in [0, 0.05) is 7.05 Å². The van der Waals surface area contributed by atoms with Crippen LogP contribution in [0.2, 0.25) is 0 Å². The molecular weight excluding hydrogens is 311 g/mol. The number of nitrogens with one attached hydrogen (secondary N) is 1. The lowest BCUT2D eigenvalue weighted by molar-refractivity contribution is 0.627. The quantitative estimate of drug-likeness (QED) is 0.610. The van der Waals surface area contributed by atoms with Crippen LogP contribution in [0.25, 0.3) is 27.3 Å². The molecule has 3 aromatic heterocycles. The summed E-state index contributed by atoms with van der Waals surface area (Å²) in [5, 5.41) is 5.08. The lowest BCUT2D eigenvalue weighted by atomic mass is 10.2. The van der Waals surface area contributed by atoms with E-state index in [1.165, 1.54) is 12.1 Å². The first-order valence-corrected chi connectivity index (χ1v) is 8.00. The fourth-order valence-electron chi connectivity index (χ4n) is 2.58. The zero-order valence-electron chi connectivity index (χ0n) is 12.3. The smallest absolute Gasteiger partial charge is 0.208 e. The normalized spacial score (nSPS) is 11.0. The summed E-state index contributed by atoms with van der Waals surface area (Å²) in [6.07, 6.45) is 1.75. The Labute approximate surface area is 136 Å². The molecule has 0 radical (unpaired) electrons. The highest BCUT2D eigenvalue weighted by molar-refractivity contribution is 7.13. The molecule has 0 saturated heterocycles. The van der Waals surface area contributed by atoms with Gasteiger partial charge in [0.05, 0.1) is 28.0 Å². The van der Waals surface area contributed by atoms with Crippen LogP contribution >= 0.6 is 11.3 Å². The van der Waals surface area contributed by atoms with E-state index < -0.39 is 0 Å². The molecule has 0 aliphatic heterocycles. The molecule has 4 nitrogen and oxygen atoms in total. The lowest BCUT2D eigenvalue weighted by Gasteiger charge is -2.09. The van der Waals surface area contributed by atoms with E-state index in [1.807, 2.05) is 34.2 Å². The predicted octanol–water partition coefficient (Wildman–Crippen LogP) is 4.33. The second kappa shape index (κ2) is 5.48. The summed E-state index contributed by atoms with van der Waals surface area (Å²) in [5.41, 5.74) is 3.25. The minimum atomic E-state index is -0.279. The molecule has 4 aromatic rings. The van der Waals surface area contributed by atoms with Crippen molar-refractivity contribution in [3.63, 3.8) is 0 Å². The number of nitrogens with zero attached hydrogens (tertiary/aromatic N) is 3. The number of hydrogen-bond acceptors (Lipinski definition) is 4. The van der Waals surface area contributed by atoms with Crippen molar-refractivity contribution in [3.05, 3.63) is 59.9 Å². The van der Waals surface area contributed by atoms with Crippen molar-refractivity contribution in [1.29, 1.82) is 0 Å². The minimum Gasteiger partial charge on any atom is -0.358 e. The van der Waals surface area contributed by atoms with E-state index in [1.54, 1.807) is 30.6 Å². The first-order chi connectivity index (χ1) is 11.3. The zero-order valence-corrected chi connectivity index (χ0v) is 13.1. The maximum absolute atomic E-state index is 13.6.